The van der Waals surface area contributed by atoms with E-state index in [9.17, 15) is 0 Å². The molecule has 1 fully saturated rings. The highest BCUT2D eigenvalue weighted by Crippen LogP contribution is 2.32. The van der Waals surface area contributed by atoms with E-state index >= 15 is 0 Å². The zero-order valence-electron chi connectivity index (χ0n) is 9.89. The first kappa shape index (κ1) is 11.6. The minimum absolute atomic E-state index is 0.224. The van der Waals surface area contributed by atoms with E-state index < -0.39 is 0 Å². The zero-order chi connectivity index (χ0) is 11.2. The van der Waals surface area contributed by atoms with Crippen LogP contribution in [0.3, 0.4) is 0 Å². The summed E-state index contributed by atoms with van der Waals surface area (Å²) in [6, 6.07) is 10.5. The van der Waals surface area contributed by atoms with Crippen molar-refractivity contribution in [3.05, 3.63) is 35.9 Å². The summed E-state index contributed by atoms with van der Waals surface area (Å²) in [6.07, 6.45) is 3.90. The van der Waals surface area contributed by atoms with E-state index in [1.807, 2.05) is 6.07 Å². The Labute approximate surface area is 97.6 Å². The van der Waals surface area contributed by atoms with Gasteiger partial charge in [-0.1, -0.05) is 50.1 Å². The van der Waals surface area contributed by atoms with Crippen LogP contribution in [0, 0.1) is 5.92 Å². The van der Waals surface area contributed by atoms with Crippen LogP contribution in [0.2, 0.25) is 0 Å². The largest absolute Gasteiger partial charge is 0.355 e. The van der Waals surface area contributed by atoms with E-state index in [4.69, 9.17) is 9.47 Å². The Morgan fingerprint density at radius 3 is 2.81 bits per heavy atom. The van der Waals surface area contributed by atoms with E-state index in [2.05, 4.69) is 31.2 Å². The van der Waals surface area contributed by atoms with Gasteiger partial charge in [0.2, 0.25) is 0 Å². The molecule has 2 unspecified atom stereocenters. The first-order chi connectivity index (χ1) is 7.92. The van der Waals surface area contributed by atoms with Gasteiger partial charge in [0.05, 0.1) is 12.7 Å². The highest BCUT2D eigenvalue weighted by Gasteiger charge is 2.27. The van der Waals surface area contributed by atoms with Crippen molar-refractivity contribution in [2.24, 2.45) is 5.92 Å². The van der Waals surface area contributed by atoms with Crippen LogP contribution in [0.5, 0.6) is 0 Å². The monoisotopic (exact) mass is 220 g/mol. The molecule has 2 rings (SSSR count). The third-order valence-corrected chi connectivity index (χ3v) is 3.15. The van der Waals surface area contributed by atoms with E-state index in [1.54, 1.807) is 0 Å². The first-order valence-corrected chi connectivity index (χ1v) is 6.16. The fraction of sp³-hybridized carbons (Fsp3) is 0.571. The predicted molar refractivity (Wildman–Crippen MR) is 64.1 cm³/mol. The molecule has 1 aromatic carbocycles. The lowest BCUT2D eigenvalue weighted by atomic mass is 9.91. The Morgan fingerprint density at radius 1 is 1.25 bits per heavy atom. The minimum atomic E-state index is 0.224. The normalized spacial score (nSPS) is 25.6. The van der Waals surface area contributed by atoms with Crippen LogP contribution < -0.4 is 0 Å². The molecule has 2 nitrogen and oxygen atoms in total. The number of rotatable bonds is 4. The van der Waals surface area contributed by atoms with Crippen LogP contribution >= 0.6 is 0 Å². The van der Waals surface area contributed by atoms with E-state index in [0.717, 1.165) is 6.61 Å². The van der Waals surface area contributed by atoms with Gasteiger partial charge in [0.1, 0.15) is 6.79 Å². The smallest absolute Gasteiger partial charge is 0.147 e. The van der Waals surface area contributed by atoms with Crippen molar-refractivity contribution in [1.82, 2.24) is 0 Å². The topological polar surface area (TPSA) is 18.5 Å². The van der Waals surface area contributed by atoms with Gasteiger partial charge in [0.15, 0.2) is 0 Å². The van der Waals surface area contributed by atoms with Gasteiger partial charge >= 0.3 is 0 Å². The number of ether oxygens (including phenoxy) is 2. The predicted octanol–water partition coefficient (Wildman–Crippen LogP) is 3.54. The van der Waals surface area contributed by atoms with Crippen molar-refractivity contribution in [3.8, 4) is 0 Å². The first-order valence-electron chi connectivity index (χ1n) is 6.16. The van der Waals surface area contributed by atoms with E-state index in [-0.39, 0.29) is 6.10 Å². The van der Waals surface area contributed by atoms with Crippen LogP contribution in [-0.2, 0) is 9.47 Å². The molecule has 0 bridgehead atoms. The van der Waals surface area contributed by atoms with Crippen LogP contribution in [0.1, 0.15) is 37.9 Å². The number of hydrogen-bond donors (Lipinski definition) is 0. The Balaban J connectivity index is 2.04. The molecule has 0 saturated carbocycles. The maximum atomic E-state index is 5.75. The molecule has 0 spiro atoms. The van der Waals surface area contributed by atoms with Crippen molar-refractivity contribution in [2.75, 3.05) is 13.4 Å². The molecule has 0 radical (unpaired) electrons. The summed E-state index contributed by atoms with van der Waals surface area (Å²) in [7, 11) is 0. The summed E-state index contributed by atoms with van der Waals surface area (Å²) >= 11 is 0. The second-order valence-corrected chi connectivity index (χ2v) is 4.39. The van der Waals surface area contributed by atoms with E-state index in [0.29, 0.717) is 12.7 Å². The zero-order valence-corrected chi connectivity index (χ0v) is 9.89. The van der Waals surface area contributed by atoms with E-state index in [1.165, 1.54) is 24.8 Å². The number of unbranched alkanes of at least 4 members (excludes halogenated alkanes) is 1. The van der Waals surface area contributed by atoms with Crippen LogP contribution in [0.25, 0.3) is 0 Å². The molecule has 1 aliphatic heterocycles. The Hall–Kier alpha value is -0.860. The van der Waals surface area contributed by atoms with Gasteiger partial charge in [0, 0.05) is 5.92 Å². The number of hydrogen-bond acceptors (Lipinski definition) is 2. The molecule has 88 valence electrons. The SMILES string of the molecule is CCCCC1COCOC1c1ccccc1. The minimum Gasteiger partial charge on any atom is -0.355 e. The molecule has 0 aliphatic carbocycles. The van der Waals surface area contributed by atoms with Crippen molar-refractivity contribution in [1.29, 1.82) is 0 Å². The van der Waals surface area contributed by atoms with Gasteiger partial charge in [-0.05, 0) is 12.0 Å². The molecular formula is C14H20O2. The summed E-state index contributed by atoms with van der Waals surface area (Å²) in [4.78, 5) is 0. The highest BCUT2D eigenvalue weighted by molar-refractivity contribution is 5.18. The highest BCUT2D eigenvalue weighted by atomic mass is 16.7. The maximum Gasteiger partial charge on any atom is 0.147 e. The lowest BCUT2D eigenvalue weighted by Crippen LogP contribution is -2.28. The van der Waals surface area contributed by atoms with Gasteiger partial charge in [-0.3, -0.25) is 0 Å². The molecule has 0 amide bonds. The van der Waals surface area contributed by atoms with Gasteiger partial charge in [-0.2, -0.15) is 0 Å². The Bertz CT molecular complexity index is 297. The van der Waals surface area contributed by atoms with Crippen molar-refractivity contribution < 1.29 is 9.47 Å². The fourth-order valence-corrected chi connectivity index (χ4v) is 2.26. The molecule has 1 aromatic rings. The lowest BCUT2D eigenvalue weighted by molar-refractivity contribution is -0.174. The molecule has 2 atom stereocenters. The van der Waals surface area contributed by atoms with Gasteiger partial charge in [0.25, 0.3) is 0 Å². The number of benzene rings is 1. The molecular weight excluding hydrogens is 200 g/mol. The standard InChI is InChI=1S/C14H20O2/c1-2-3-7-13-10-15-11-16-14(13)12-8-5-4-6-9-12/h4-6,8-9,13-14H,2-3,7,10-11H2,1H3. The second-order valence-electron chi connectivity index (χ2n) is 4.39. The van der Waals surface area contributed by atoms with Crippen molar-refractivity contribution in [3.63, 3.8) is 0 Å². The maximum absolute atomic E-state index is 5.75. The Morgan fingerprint density at radius 2 is 2.06 bits per heavy atom. The van der Waals surface area contributed by atoms with Gasteiger partial charge in [-0.15, -0.1) is 0 Å². The molecule has 2 heteroatoms. The average molecular weight is 220 g/mol. The third kappa shape index (κ3) is 2.83. The second kappa shape index (κ2) is 6.02. The summed E-state index contributed by atoms with van der Waals surface area (Å²) in [5.41, 5.74) is 1.28. The summed E-state index contributed by atoms with van der Waals surface area (Å²) < 4.78 is 11.2. The Kier molecular flexibility index (Phi) is 4.37. The summed E-state index contributed by atoms with van der Waals surface area (Å²) in [6.45, 7) is 3.49. The van der Waals surface area contributed by atoms with Gasteiger partial charge in [-0.25, -0.2) is 0 Å². The molecule has 16 heavy (non-hydrogen) atoms. The molecule has 1 saturated heterocycles. The fourth-order valence-electron chi connectivity index (χ4n) is 2.26. The summed E-state index contributed by atoms with van der Waals surface area (Å²) in [5.74, 6) is 0.510. The summed E-state index contributed by atoms with van der Waals surface area (Å²) in [5, 5.41) is 0. The molecule has 1 aliphatic rings. The molecule has 0 N–H and O–H groups in total. The third-order valence-electron chi connectivity index (χ3n) is 3.15. The van der Waals surface area contributed by atoms with Crippen LogP contribution in [-0.4, -0.2) is 13.4 Å². The molecule has 1 heterocycles. The quantitative estimate of drug-likeness (QED) is 0.772. The average Bonchev–Trinajstić information content (AvgIpc) is 2.38. The molecule has 0 aromatic heterocycles. The van der Waals surface area contributed by atoms with Crippen molar-refractivity contribution in [2.45, 2.75) is 32.3 Å². The lowest BCUT2D eigenvalue weighted by Gasteiger charge is -2.32. The van der Waals surface area contributed by atoms with Gasteiger partial charge < -0.3 is 9.47 Å². The van der Waals surface area contributed by atoms with Crippen LogP contribution in [0.15, 0.2) is 30.3 Å². The van der Waals surface area contributed by atoms with Crippen molar-refractivity contribution >= 4 is 0 Å². The van der Waals surface area contributed by atoms with Crippen LogP contribution in [0.4, 0.5) is 0 Å².